The SMILES string of the molecule is CN1C(=O)CC(C)(c2cccc(-c3cccc(C(F)(F)F)c3)c2)N=C1N. The molecule has 0 fully saturated rings. The van der Waals surface area contributed by atoms with E-state index in [0.29, 0.717) is 11.1 Å². The lowest BCUT2D eigenvalue weighted by atomic mass is 9.86. The van der Waals surface area contributed by atoms with Crippen LogP contribution in [0.15, 0.2) is 53.5 Å². The van der Waals surface area contributed by atoms with Gasteiger partial charge in [0, 0.05) is 7.05 Å². The van der Waals surface area contributed by atoms with E-state index in [9.17, 15) is 18.0 Å². The van der Waals surface area contributed by atoms with Crippen LogP contribution in [0.1, 0.15) is 24.5 Å². The van der Waals surface area contributed by atoms with Gasteiger partial charge in [0.2, 0.25) is 5.91 Å². The Morgan fingerprint density at radius 3 is 2.35 bits per heavy atom. The maximum atomic E-state index is 13.0. The highest BCUT2D eigenvalue weighted by atomic mass is 19.4. The van der Waals surface area contributed by atoms with Crippen LogP contribution in [0.4, 0.5) is 13.2 Å². The number of halogens is 3. The molecular weight excluding hydrogens is 343 g/mol. The summed E-state index contributed by atoms with van der Waals surface area (Å²) in [7, 11) is 1.56. The Bertz CT molecular complexity index is 892. The number of carbonyl (C=O) groups is 1. The zero-order valence-corrected chi connectivity index (χ0v) is 14.3. The normalized spacial score (nSPS) is 20.9. The molecule has 7 heteroatoms. The summed E-state index contributed by atoms with van der Waals surface area (Å²) in [6, 6.07) is 12.2. The van der Waals surface area contributed by atoms with Gasteiger partial charge in [-0.15, -0.1) is 0 Å². The number of guanidine groups is 1. The van der Waals surface area contributed by atoms with Gasteiger partial charge in [0.15, 0.2) is 5.96 Å². The maximum absolute atomic E-state index is 13.0. The molecule has 1 heterocycles. The largest absolute Gasteiger partial charge is 0.416 e. The molecule has 136 valence electrons. The molecule has 2 aromatic rings. The fourth-order valence-corrected chi connectivity index (χ4v) is 2.98. The number of aliphatic imine (C=N–C) groups is 1. The molecule has 1 aliphatic heterocycles. The summed E-state index contributed by atoms with van der Waals surface area (Å²) in [5.74, 6) is -0.0438. The number of alkyl halides is 3. The fraction of sp³-hybridized carbons (Fsp3) is 0.263. The molecule has 1 unspecified atom stereocenters. The molecule has 0 radical (unpaired) electrons. The average Bonchev–Trinajstić information content (AvgIpc) is 2.59. The van der Waals surface area contributed by atoms with Crippen molar-refractivity contribution in [2.45, 2.75) is 25.1 Å². The standard InChI is InChI=1S/C19H18F3N3O/c1-18(11-16(26)25(2)17(23)24-18)14-7-3-5-12(9-14)13-6-4-8-15(10-13)19(20,21)22/h3-10H,11H2,1-2H3,(H2,23,24). The van der Waals surface area contributed by atoms with Crippen LogP contribution in [0.5, 0.6) is 0 Å². The molecule has 4 nitrogen and oxygen atoms in total. The Morgan fingerprint density at radius 2 is 1.73 bits per heavy atom. The Labute approximate surface area is 149 Å². The summed E-state index contributed by atoms with van der Waals surface area (Å²) in [6.07, 6.45) is -4.27. The quantitative estimate of drug-likeness (QED) is 0.885. The van der Waals surface area contributed by atoms with Crippen molar-refractivity contribution in [1.29, 1.82) is 0 Å². The molecule has 0 spiro atoms. The smallest absolute Gasteiger partial charge is 0.369 e. The highest BCUT2D eigenvalue weighted by Gasteiger charge is 2.36. The van der Waals surface area contributed by atoms with Crippen LogP contribution in [-0.2, 0) is 16.5 Å². The van der Waals surface area contributed by atoms with Crippen molar-refractivity contribution in [2.24, 2.45) is 10.7 Å². The van der Waals surface area contributed by atoms with E-state index < -0.39 is 17.3 Å². The Hall–Kier alpha value is -2.83. The van der Waals surface area contributed by atoms with Crippen molar-refractivity contribution < 1.29 is 18.0 Å². The molecule has 1 amide bonds. The van der Waals surface area contributed by atoms with Crippen molar-refractivity contribution >= 4 is 11.9 Å². The van der Waals surface area contributed by atoms with Crippen LogP contribution in [-0.4, -0.2) is 23.8 Å². The molecule has 0 saturated carbocycles. The van der Waals surface area contributed by atoms with E-state index in [-0.39, 0.29) is 18.3 Å². The van der Waals surface area contributed by atoms with Crippen molar-refractivity contribution in [3.05, 3.63) is 59.7 Å². The summed E-state index contributed by atoms with van der Waals surface area (Å²) in [5.41, 5.74) is 6.05. The van der Waals surface area contributed by atoms with E-state index in [1.165, 1.54) is 11.0 Å². The second-order valence-corrected chi connectivity index (χ2v) is 6.53. The van der Waals surface area contributed by atoms with Gasteiger partial charge in [0.25, 0.3) is 0 Å². The monoisotopic (exact) mass is 361 g/mol. The van der Waals surface area contributed by atoms with Crippen molar-refractivity contribution in [3.8, 4) is 11.1 Å². The van der Waals surface area contributed by atoms with Gasteiger partial charge in [0.1, 0.15) is 0 Å². The van der Waals surface area contributed by atoms with Crippen LogP contribution < -0.4 is 5.73 Å². The molecule has 0 aromatic heterocycles. The third kappa shape index (κ3) is 3.29. The van der Waals surface area contributed by atoms with Gasteiger partial charge in [-0.25, -0.2) is 4.99 Å². The van der Waals surface area contributed by atoms with E-state index in [2.05, 4.69) is 4.99 Å². The van der Waals surface area contributed by atoms with Crippen molar-refractivity contribution in [1.82, 2.24) is 4.90 Å². The highest BCUT2D eigenvalue weighted by molar-refractivity contribution is 5.98. The number of hydrogen-bond acceptors (Lipinski definition) is 3. The van der Waals surface area contributed by atoms with Gasteiger partial charge in [-0.3, -0.25) is 9.69 Å². The molecule has 0 saturated heterocycles. The van der Waals surface area contributed by atoms with Crippen molar-refractivity contribution in [2.75, 3.05) is 7.05 Å². The lowest BCUT2D eigenvalue weighted by Gasteiger charge is -2.33. The Balaban J connectivity index is 2.04. The molecular formula is C19H18F3N3O. The Kier molecular flexibility index (Phi) is 4.26. The molecule has 26 heavy (non-hydrogen) atoms. The van der Waals surface area contributed by atoms with Gasteiger partial charge >= 0.3 is 6.18 Å². The molecule has 3 rings (SSSR count). The van der Waals surface area contributed by atoms with Crippen molar-refractivity contribution in [3.63, 3.8) is 0 Å². The second kappa shape index (κ2) is 6.16. The van der Waals surface area contributed by atoms with Crippen LogP contribution in [0.25, 0.3) is 11.1 Å². The molecule has 0 bridgehead atoms. The zero-order valence-electron chi connectivity index (χ0n) is 14.3. The minimum atomic E-state index is -4.40. The summed E-state index contributed by atoms with van der Waals surface area (Å²) < 4.78 is 38.9. The van der Waals surface area contributed by atoms with Gasteiger partial charge < -0.3 is 5.73 Å². The molecule has 0 aliphatic carbocycles. The average molecular weight is 361 g/mol. The fourth-order valence-electron chi connectivity index (χ4n) is 2.98. The first-order chi connectivity index (χ1) is 12.1. The van der Waals surface area contributed by atoms with Gasteiger partial charge in [0.05, 0.1) is 17.5 Å². The predicted molar refractivity (Wildman–Crippen MR) is 93.2 cm³/mol. The zero-order chi connectivity index (χ0) is 19.1. The summed E-state index contributed by atoms with van der Waals surface area (Å²) in [5, 5.41) is 0. The molecule has 1 atom stereocenters. The topological polar surface area (TPSA) is 58.7 Å². The molecule has 1 aliphatic rings. The van der Waals surface area contributed by atoms with Crippen LogP contribution in [0.3, 0.4) is 0 Å². The predicted octanol–water partition coefficient (Wildman–Crippen LogP) is 3.76. The first-order valence-corrected chi connectivity index (χ1v) is 8.00. The summed E-state index contributed by atoms with van der Waals surface area (Å²) in [6.45, 7) is 1.79. The van der Waals surface area contributed by atoms with E-state index in [1.54, 1.807) is 44.3 Å². The Morgan fingerprint density at radius 1 is 1.12 bits per heavy atom. The van der Waals surface area contributed by atoms with E-state index >= 15 is 0 Å². The number of nitrogens with zero attached hydrogens (tertiary/aromatic N) is 2. The number of benzene rings is 2. The molecule has 2 N–H and O–H groups in total. The summed E-state index contributed by atoms with van der Waals surface area (Å²) in [4.78, 5) is 17.9. The first kappa shape index (κ1) is 18.0. The number of carbonyl (C=O) groups excluding carboxylic acids is 1. The second-order valence-electron chi connectivity index (χ2n) is 6.53. The summed E-state index contributed by atoms with van der Waals surface area (Å²) >= 11 is 0. The number of amides is 1. The third-order valence-electron chi connectivity index (χ3n) is 4.58. The lowest BCUT2D eigenvalue weighted by molar-refractivity contribution is -0.137. The van der Waals surface area contributed by atoms with E-state index in [4.69, 9.17) is 5.73 Å². The molecule has 2 aromatic carbocycles. The number of nitrogens with two attached hydrogens (primary N) is 1. The maximum Gasteiger partial charge on any atom is 0.416 e. The lowest BCUT2D eigenvalue weighted by Crippen LogP contribution is -2.47. The van der Waals surface area contributed by atoms with Crippen LogP contribution in [0, 0.1) is 0 Å². The van der Waals surface area contributed by atoms with Gasteiger partial charge in [-0.1, -0.05) is 30.3 Å². The van der Waals surface area contributed by atoms with E-state index in [0.717, 1.165) is 17.7 Å². The van der Waals surface area contributed by atoms with E-state index in [1.807, 2.05) is 0 Å². The van der Waals surface area contributed by atoms with Crippen LogP contribution >= 0.6 is 0 Å². The van der Waals surface area contributed by atoms with Gasteiger partial charge in [-0.2, -0.15) is 13.2 Å². The van der Waals surface area contributed by atoms with Crippen LogP contribution in [0.2, 0.25) is 0 Å². The number of rotatable bonds is 2. The highest BCUT2D eigenvalue weighted by Crippen LogP contribution is 2.36. The minimum absolute atomic E-state index is 0.119. The number of hydrogen-bond donors (Lipinski definition) is 1. The third-order valence-corrected chi connectivity index (χ3v) is 4.58. The van der Waals surface area contributed by atoms with Gasteiger partial charge in [-0.05, 0) is 41.8 Å². The minimum Gasteiger partial charge on any atom is -0.369 e. The first-order valence-electron chi connectivity index (χ1n) is 8.00.